The molecule has 8 N–H and O–H groups in total. The van der Waals surface area contributed by atoms with Crippen molar-refractivity contribution in [1.29, 1.82) is 0 Å². The van der Waals surface area contributed by atoms with Crippen LogP contribution < -0.4 is 22.1 Å². The van der Waals surface area contributed by atoms with Gasteiger partial charge in [0, 0.05) is 17.4 Å². The Hall–Kier alpha value is -1.73. The maximum atomic E-state index is 11.1. The Balaban J connectivity index is 0.000000503. The largest absolute Gasteiger partial charge is 0.490 e. The van der Waals surface area contributed by atoms with Crippen molar-refractivity contribution in [3.8, 4) is 0 Å². The third-order valence-corrected chi connectivity index (χ3v) is 5.73. The fraction of sp³-hybridized carbons (Fsp3) is 0.824. The fourth-order valence-corrected chi connectivity index (χ4v) is 4.27. The molecule has 0 aromatic rings. The molecule has 0 spiro atoms. The Morgan fingerprint density at radius 2 is 1.60 bits per heavy atom. The Kier molecular flexibility index (Phi) is 14.3. The number of fused-ring (bicyclic) bond motifs is 1. The number of carbonyl (C=O) groups excluding carboxylic acids is 1. The number of rotatable bonds is 9. The van der Waals surface area contributed by atoms with Gasteiger partial charge in [-0.2, -0.15) is 24.9 Å². The summed E-state index contributed by atoms with van der Waals surface area (Å²) < 4.78 is 31.7. The Morgan fingerprint density at radius 1 is 1.03 bits per heavy atom. The number of carboxylic acids is 2. The van der Waals surface area contributed by atoms with E-state index in [0.717, 1.165) is 50.9 Å². The lowest BCUT2D eigenvalue weighted by Crippen LogP contribution is -2.36. The van der Waals surface area contributed by atoms with E-state index in [0.29, 0.717) is 5.25 Å². The number of hydrogen-bond acceptors (Lipinski definition) is 6. The molecule has 2 rings (SSSR count). The molecule has 3 atom stereocenters. The van der Waals surface area contributed by atoms with Crippen molar-refractivity contribution < 1.29 is 37.8 Å². The number of urea groups is 1. The molecular formula is C17H31F3N4O5S. The maximum Gasteiger partial charge on any atom is 0.490 e. The highest BCUT2D eigenvalue weighted by molar-refractivity contribution is 8.00. The third-order valence-electron chi connectivity index (χ3n) is 4.22. The van der Waals surface area contributed by atoms with Gasteiger partial charge in [-0.3, -0.25) is 4.79 Å². The van der Waals surface area contributed by atoms with Crippen molar-refractivity contribution in [2.45, 2.75) is 68.5 Å². The molecule has 9 nitrogen and oxygen atoms in total. The van der Waals surface area contributed by atoms with Gasteiger partial charge in [0.15, 0.2) is 0 Å². The van der Waals surface area contributed by atoms with Crippen LogP contribution in [0.25, 0.3) is 0 Å². The number of unbranched alkanes of at least 4 members (excludes halogenated alkanes) is 3. The molecule has 2 amide bonds. The van der Waals surface area contributed by atoms with Crippen LogP contribution in [-0.4, -0.2) is 70.5 Å². The minimum absolute atomic E-state index is 0.0640. The van der Waals surface area contributed by atoms with E-state index < -0.39 is 18.1 Å². The molecule has 176 valence electrons. The summed E-state index contributed by atoms with van der Waals surface area (Å²) in [7, 11) is 0. The predicted molar refractivity (Wildman–Crippen MR) is 107 cm³/mol. The number of aliphatic carboxylic acids is 2. The van der Waals surface area contributed by atoms with E-state index in [1.165, 1.54) is 6.42 Å². The van der Waals surface area contributed by atoms with Crippen LogP contribution in [0.2, 0.25) is 0 Å². The van der Waals surface area contributed by atoms with Crippen molar-refractivity contribution in [2.24, 2.45) is 11.5 Å². The van der Waals surface area contributed by atoms with E-state index in [2.05, 4.69) is 10.6 Å². The fourth-order valence-electron chi connectivity index (χ4n) is 2.73. The van der Waals surface area contributed by atoms with Gasteiger partial charge in [0.05, 0.1) is 12.1 Å². The topological polar surface area (TPSA) is 168 Å². The second-order valence-electron chi connectivity index (χ2n) is 6.70. The van der Waals surface area contributed by atoms with Gasteiger partial charge in [0.2, 0.25) is 0 Å². The lowest BCUT2D eigenvalue weighted by atomic mass is 10.0. The molecule has 2 saturated heterocycles. The molecule has 13 heteroatoms. The number of nitrogens with two attached hydrogens (primary N) is 2. The lowest BCUT2D eigenvalue weighted by molar-refractivity contribution is -0.192. The second-order valence-corrected chi connectivity index (χ2v) is 7.97. The smallest absolute Gasteiger partial charge is 0.481 e. The minimum atomic E-state index is -5.08. The summed E-state index contributed by atoms with van der Waals surface area (Å²) in [5.41, 5.74) is 10.5. The molecule has 2 fully saturated rings. The van der Waals surface area contributed by atoms with Gasteiger partial charge in [0.25, 0.3) is 0 Å². The summed E-state index contributed by atoms with van der Waals surface area (Å²) >= 11 is 1.87. The first kappa shape index (κ1) is 28.3. The number of carboxylic acid groups (broad SMARTS) is 2. The Bertz CT molecular complexity index is 536. The van der Waals surface area contributed by atoms with Gasteiger partial charge in [-0.05, 0) is 38.8 Å². The number of alkyl halides is 3. The third kappa shape index (κ3) is 12.8. The molecule has 0 radical (unpaired) electrons. The van der Waals surface area contributed by atoms with Gasteiger partial charge < -0.3 is 32.3 Å². The normalized spacial score (nSPS) is 21.9. The van der Waals surface area contributed by atoms with E-state index in [1.54, 1.807) is 0 Å². The van der Waals surface area contributed by atoms with Crippen LogP contribution in [0.3, 0.4) is 0 Å². The number of thioether (sulfide) groups is 1. The second kappa shape index (κ2) is 15.1. The average Bonchev–Trinajstić information content (AvgIpc) is 3.19. The van der Waals surface area contributed by atoms with Gasteiger partial charge >= 0.3 is 24.1 Å². The van der Waals surface area contributed by atoms with Crippen LogP contribution in [-0.2, 0) is 9.59 Å². The number of amides is 2. The van der Waals surface area contributed by atoms with E-state index >= 15 is 0 Å². The van der Waals surface area contributed by atoms with Gasteiger partial charge in [-0.1, -0.05) is 12.8 Å². The number of nitrogens with one attached hydrogen (secondary N) is 2. The highest BCUT2D eigenvalue weighted by Gasteiger charge is 2.42. The number of hydrogen-bond donors (Lipinski definition) is 6. The average molecular weight is 461 g/mol. The van der Waals surface area contributed by atoms with Crippen LogP contribution in [0.1, 0.15) is 44.9 Å². The lowest BCUT2D eigenvalue weighted by Gasteiger charge is -2.16. The molecule has 0 saturated carbocycles. The van der Waals surface area contributed by atoms with Crippen LogP contribution in [0, 0.1) is 0 Å². The van der Waals surface area contributed by atoms with E-state index in [4.69, 9.17) is 26.5 Å². The summed E-state index contributed by atoms with van der Waals surface area (Å²) in [4.78, 5) is 30.4. The maximum absolute atomic E-state index is 11.1. The highest BCUT2D eigenvalue weighted by atomic mass is 32.2. The number of halogens is 3. The van der Waals surface area contributed by atoms with Crippen molar-refractivity contribution >= 4 is 29.7 Å². The van der Waals surface area contributed by atoms with Gasteiger partial charge in [0.1, 0.15) is 0 Å². The van der Waals surface area contributed by atoms with Crippen LogP contribution in [0.4, 0.5) is 18.0 Å². The van der Waals surface area contributed by atoms with Gasteiger partial charge in [-0.15, -0.1) is 0 Å². The van der Waals surface area contributed by atoms with Crippen molar-refractivity contribution in [2.75, 3.05) is 18.8 Å². The van der Waals surface area contributed by atoms with Crippen molar-refractivity contribution in [3.63, 3.8) is 0 Å². The van der Waals surface area contributed by atoms with Gasteiger partial charge in [-0.25, -0.2) is 9.59 Å². The zero-order valence-electron chi connectivity index (χ0n) is 16.6. The first-order valence-electron chi connectivity index (χ1n) is 9.63. The SMILES string of the molecule is NCCCCCN.O=C(O)C(F)(F)F.O=C(O)CCCC[C@@H]1SC[C@@H]2NC(=O)N[C@@H]21. The predicted octanol–water partition coefficient (Wildman–Crippen LogP) is 1.50. The Labute approximate surface area is 177 Å². The molecule has 30 heavy (non-hydrogen) atoms. The van der Waals surface area contributed by atoms with Crippen LogP contribution >= 0.6 is 11.8 Å². The molecule has 2 heterocycles. The molecule has 2 aliphatic rings. The molecule has 0 unspecified atom stereocenters. The molecule has 0 aliphatic carbocycles. The van der Waals surface area contributed by atoms with Crippen molar-refractivity contribution in [1.82, 2.24) is 10.6 Å². The van der Waals surface area contributed by atoms with E-state index in [9.17, 15) is 22.8 Å². The summed E-state index contributed by atoms with van der Waals surface area (Å²) in [5.74, 6) is -2.52. The first-order valence-corrected chi connectivity index (χ1v) is 10.7. The molecule has 0 aromatic carbocycles. The van der Waals surface area contributed by atoms with Crippen molar-refractivity contribution in [3.05, 3.63) is 0 Å². The zero-order valence-corrected chi connectivity index (χ0v) is 17.4. The number of carbonyl (C=O) groups is 3. The zero-order chi connectivity index (χ0) is 23.2. The Morgan fingerprint density at radius 3 is 2.07 bits per heavy atom. The first-order chi connectivity index (χ1) is 14.0. The van der Waals surface area contributed by atoms with Crippen LogP contribution in [0.15, 0.2) is 0 Å². The highest BCUT2D eigenvalue weighted by Crippen LogP contribution is 2.33. The standard InChI is InChI=1S/C10H16N2O3S.C5H14N2.C2HF3O2/c13-8(14)4-2-1-3-7-9-6(5-16-7)11-10(15)12-9;6-4-2-1-3-5-7;3-2(4,5)1(6)7/h6-7,9H,1-5H2,(H,13,14)(H2,11,12,15);1-7H2;(H,6,7)/t6-,7-,9-;;/m0../s1. The molecule has 2 aliphatic heterocycles. The quantitative estimate of drug-likeness (QED) is 0.222. The summed E-state index contributed by atoms with van der Waals surface area (Å²) in [6, 6.07) is 0.440. The van der Waals surface area contributed by atoms with E-state index in [-0.39, 0.29) is 24.5 Å². The molecule has 0 bridgehead atoms. The molecule has 0 aromatic heterocycles. The molecular weight excluding hydrogens is 429 g/mol. The summed E-state index contributed by atoms with van der Waals surface area (Å²) in [5, 5.41) is 21.9. The monoisotopic (exact) mass is 460 g/mol. The summed E-state index contributed by atoms with van der Waals surface area (Å²) in [6.07, 6.45) is 1.23. The van der Waals surface area contributed by atoms with Crippen LogP contribution in [0.5, 0.6) is 0 Å². The summed E-state index contributed by atoms with van der Waals surface area (Å²) in [6.45, 7) is 1.61. The van der Waals surface area contributed by atoms with E-state index in [1.807, 2.05) is 11.8 Å². The minimum Gasteiger partial charge on any atom is -0.481 e.